The van der Waals surface area contributed by atoms with Gasteiger partial charge >= 0.3 is 0 Å². The van der Waals surface area contributed by atoms with E-state index in [1.807, 2.05) is 6.92 Å². The van der Waals surface area contributed by atoms with Crippen LogP contribution in [0.1, 0.15) is 39.0 Å². The van der Waals surface area contributed by atoms with Crippen LogP contribution in [0.25, 0.3) is 0 Å². The topological polar surface area (TPSA) is 29.5 Å². The SMILES string of the molecule is C[C@@]1(O)CCC[C@]12CCCO2. The Hall–Kier alpha value is -0.0800. The van der Waals surface area contributed by atoms with Crippen molar-refractivity contribution in [1.82, 2.24) is 0 Å². The van der Waals surface area contributed by atoms with Crippen LogP contribution in [0.2, 0.25) is 0 Å². The molecule has 2 fully saturated rings. The monoisotopic (exact) mass is 156 g/mol. The van der Waals surface area contributed by atoms with Crippen molar-refractivity contribution in [3.05, 3.63) is 0 Å². The van der Waals surface area contributed by atoms with Crippen molar-refractivity contribution in [2.24, 2.45) is 0 Å². The summed E-state index contributed by atoms with van der Waals surface area (Å²) in [6.45, 7) is 2.77. The van der Waals surface area contributed by atoms with Crippen molar-refractivity contribution < 1.29 is 9.84 Å². The molecule has 1 spiro atoms. The summed E-state index contributed by atoms with van der Waals surface area (Å²) >= 11 is 0. The molecule has 0 unspecified atom stereocenters. The molecule has 2 nitrogen and oxygen atoms in total. The molecule has 2 aliphatic rings. The first kappa shape index (κ1) is 7.56. The van der Waals surface area contributed by atoms with Gasteiger partial charge in [-0.05, 0) is 39.0 Å². The van der Waals surface area contributed by atoms with E-state index in [1.165, 1.54) is 0 Å². The Kier molecular flexibility index (Phi) is 1.52. The predicted octanol–water partition coefficient (Wildman–Crippen LogP) is 1.47. The Morgan fingerprint density at radius 3 is 2.36 bits per heavy atom. The molecule has 1 saturated heterocycles. The van der Waals surface area contributed by atoms with Crippen LogP contribution in [0.4, 0.5) is 0 Å². The zero-order chi connectivity index (χ0) is 7.95. The number of ether oxygens (including phenoxy) is 1. The van der Waals surface area contributed by atoms with Crippen LogP contribution in [0.5, 0.6) is 0 Å². The van der Waals surface area contributed by atoms with Gasteiger partial charge in [-0.3, -0.25) is 0 Å². The zero-order valence-electron chi connectivity index (χ0n) is 7.10. The summed E-state index contributed by atoms with van der Waals surface area (Å²) in [6, 6.07) is 0. The fourth-order valence-corrected chi connectivity index (χ4v) is 2.53. The normalized spacial score (nSPS) is 50.7. The zero-order valence-corrected chi connectivity index (χ0v) is 7.10. The quantitative estimate of drug-likeness (QED) is 0.575. The summed E-state index contributed by atoms with van der Waals surface area (Å²) in [6.07, 6.45) is 5.26. The predicted molar refractivity (Wildman–Crippen MR) is 42.4 cm³/mol. The summed E-state index contributed by atoms with van der Waals surface area (Å²) in [5.74, 6) is 0. The van der Waals surface area contributed by atoms with Gasteiger partial charge in [-0.15, -0.1) is 0 Å². The molecule has 1 heterocycles. The Balaban J connectivity index is 2.22. The minimum absolute atomic E-state index is 0.160. The van der Waals surface area contributed by atoms with Crippen molar-refractivity contribution >= 4 is 0 Å². The van der Waals surface area contributed by atoms with E-state index < -0.39 is 5.60 Å². The van der Waals surface area contributed by atoms with Crippen molar-refractivity contribution in [1.29, 1.82) is 0 Å². The second-order valence-corrected chi connectivity index (χ2v) is 4.07. The lowest BCUT2D eigenvalue weighted by atomic mass is 9.85. The first-order valence-corrected chi connectivity index (χ1v) is 4.53. The standard InChI is InChI=1S/C9H16O2/c1-8(10)4-2-5-9(8)6-3-7-11-9/h10H,2-7H2,1H3/t8-,9+/m1/s1. The molecule has 0 radical (unpaired) electrons. The van der Waals surface area contributed by atoms with E-state index in [2.05, 4.69) is 0 Å². The molecule has 0 aromatic rings. The molecule has 0 bridgehead atoms. The molecule has 1 N–H and O–H groups in total. The third kappa shape index (κ3) is 0.926. The molecular weight excluding hydrogens is 140 g/mol. The van der Waals surface area contributed by atoms with Gasteiger partial charge in [-0.2, -0.15) is 0 Å². The maximum absolute atomic E-state index is 10.0. The van der Waals surface area contributed by atoms with Crippen LogP contribution in [-0.2, 0) is 4.74 Å². The average molecular weight is 156 g/mol. The van der Waals surface area contributed by atoms with Crippen LogP contribution in [0.15, 0.2) is 0 Å². The Morgan fingerprint density at radius 1 is 1.18 bits per heavy atom. The van der Waals surface area contributed by atoms with Crippen molar-refractivity contribution in [3.8, 4) is 0 Å². The highest BCUT2D eigenvalue weighted by atomic mass is 16.5. The molecule has 0 aromatic heterocycles. The maximum atomic E-state index is 10.0. The number of aliphatic hydroxyl groups is 1. The van der Waals surface area contributed by atoms with Gasteiger partial charge in [0, 0.05) is 6.61 Å². The Labute approximate surface area is 67.6 Å². The molecule has 1 saturated carbocycles. The summed E-state index contributed by atoms with van der Waals surface area (Å²) in [7, 11) is 0. The minimum atomic E-state index is -0.552. The van der Waals surface area contributed by atoms with Gasteiger partial charge in [0.15, 0.2) is 0 Å². The van der Waals surface area contributed by atoms with Crippen LogP contribution in [-0.4, -0.2) is 22.9 Å². The number of rotatable bonds is 0. The summed E-state index contributed by atoms with van der Waals surface area (Å²) in [5.41, 5.74) is -0.712. The molecule has 2 atom stereocenters. The number of hydrogen-bond acceptors (Lipinski definition) is 2. The molecule has 2 rings (SSSR count). The molecule has 2 heteroatoms. The Bertz CT molecular complexity index is 151. The largest absolute Gasteiger partial charge is 0.387 e. The van der Waals surface area contributed by atoms with Gasteiger partial charge in [0.05, 0.1) is 11.2 Å². The second-order valence-electron chi connectivity index (χ2n) is 4.07. The van der Waals surface area contributed by atoms with Crippen molar-refractivity contribution in [3.63, 3.8) is 0 Å². The summed E-state index contributed by atoms with van der Waals surface area (Å²) in [5, 5.41) is 10.0. The highest BCUT2D eigenvalue weighted by Gasteiger charge is 2.53. The number of hydrogen-bond donors (Lipinski definition) is 1. The van der Waals surface area contributed by atoms with E-state index in [1.54, 1.807) is 0 Å². The lowest BCUT2D eigenvalue weighted by Crippen LogP contribution is -2.46. The molecular formula is C9H16O2. The van der Waals surface area contributed by atoms with Gasteiger partial charge in [0.25, 0.3) is 0 Å². The molecule has 1 aliphatic heterocycles. The van der Waals surface area contributed by atoms with Crippen LogP contribution in [0.3, 0.4) is 0 Å². The molecule has 0 amide bonds. The summed E-state index contributed by atoms with van der Waals surface area (Å²) < 4.78 is 5.67. The lowest BCUT2D eigenvalue weighted by molar-refractivity contribution is -0.129. The lowest BCUT2D eigenvalue weighted by Gasteiger charge is -2.35. The molecule has 1 aliphatic carbocycles. The average Bonchev–Trinajstić information content (AvgIpc) is 2.45. The first-order valence-electron chi connectivity index (χ1n) is 4.53. The van der Waals surface area contributed by atoms with E-state index in [-0.39, 0.29) is 5.60 Å². The Morgan fingerprint density at radius 2 is 1.91 bits per heavy atom. The van der Waals surface area contributed by atoms with E-state index in [4.69, 9.17) is 4.74 Å². The third-order valence-corrected chi connectivity index (χ3v) is 3.33. The van der Waals surface area contributed by atoms with E-state index in [0.717, 1.165) is 38.7 Å². The molecule has 0 aromatic carbocycles. The third-order valence-electron chi connectivity index (χ3n) is 3.33. The second kappa shape index (κ2) is 2.20. The van der Waals surface area contributed by atoms with E-state index >= 15 is 0 Å². The highest BCUT2D eigenvalue weighted by Crippen LogP contribution is 2.47. The van der Waals surface area contributed by atoms with E-state index in [9.17, 15) is 5.11 Å². The van der Waals surface area contributed by atoms with Gasteiger partial charge in [-0.1, -0.05) is 0 Å². The van der Waals surface area contributed by atoms with Gasteiger partial charge < -0.3 is 9.84 Å². The van der Waals surface area contributed by atoms with Gasteiger partial charge in [0.1, 0.15) is 0 Å². The smallest absolute Gasteiger partial charge is 0.0966 e. The van der Waals surface area contributed by atoms with Crippen LogP contribution >= 0.6 is 0 Å². The van der Waals surface area contributed by atoms with Gasteiger partial charge in [-0.25, -0.2) is 0 Å². The van der Waals surface area contributed by atoms with Gasteiger partial charge in [0.2, 0.25) is 0 Å². The minimum Gasteiger partial charge on any atom is -0.387 e. The highest BCUT2D eigenvalue weighted by molar-refractivity contribution is 5.05. The maximum Gasteiger partial charge on any atom is 0.0966 e. The fraction of sp³-hybridized carbons (Fsp3) is 1.00. The van der Waals surface area contributed by atoms with Crippen LogP contribution in [0, 0.1) is 0 Å². The summed E-state index contributed by atoms with van der Waals surface area (Å²) in [4.78, 5) is 0. The van der Waals surface area contributed by atoms with Crippen molar-refractivity contribution in [2.45, 2.75) is 50.2 Å². The fourth-order valence-electron chi connectivity index (χ4n) is 2.53. The molecule has 11 heavy (non-hydrogen) atoms. The first-order chi connectivity index (χ1) is 5.16. The van der Waals surface area contributed by atoms with E-state index in [0.29, 0.717) is 0 Å². The van der Waals surface area contributed by atoms with Crippen LogP contribution < -0.4 is 0 Å². The van der Waals surface area contributed by atoms with Crippen molar-refractivity contribution in [2.75, 3.05) is 6.61 Å². The molecule has 64 valence electrons.